The maximum absolute atomic E-state index is 9.92. The Balaban J connectivity index is 2.65. The van der Waals surface area contributed by atoms with Crippen LogP contribution in [0.15, 0.2) is 18.3 Å². The molecule has 4 heteroatoms. The number of pyridine rings is 1. The molecule has 87 valence electrons. The predicted octanol–water partition coefficient (Wildman–Crippen LogP) is 1.20. The number of nitrogens with zero attached hydrogens (tertiary/aromatic N) is 1. The van der Waals surface area contributed by atoms with E-state index in [-0.39, 0.29) is 0 Å². The van der Waals surface area contributed by atoms with Gasteiger partial charge in [-0.25, -0.2) is 0 Å². The van der Waals surface area contributed by atoms with Crippen LogP contribution in [0, 0.1) is 6.92 Å². The smallest absolute Gasteiger partial charge is 0.331 e. The third-order valence-corrected chi connectivity index (χ3v) is 2.88. The van der Waals surface area contributed by atoms with Gasteiger partial charge in [-0.1, -0.05) is 5.46 Å². The van der Waals surface area contributed by atoms with Crippen LogP contribution in [0.5, 0.6) is 0 Å². The summed E-state index contributed by atoms with van der Waals surface area (Å²) >= 11 is 0. The molecule has 0 spiro atoms. The van der Waals surface area contributed by atoms with Crippen molar-refractivity contribution in [3.63, 3.8) is 0 Å². The Hall–Kier alpha value is -0.865. The molecule has 0 bridgehead atoms. The summed E-state index contributed by atoms with van der Waals surface area (Å²) in [7, 11) is 1.66. The van der Waals surface area contributed by atoms with Crippen molar-refractivity contribution in [2.24, 2.45) is 0 Å². The quantitative estimate of drug-likeness (QED) is 0.775. The highest BCUT2D eigenvalue weighted by Crippen LogP contribution is 2.24. The Labute approximate surface area is 98.1 Å². The zero-order valence-corrected chi connectivity index (χ0v) is 10.6. The Morgan fingerprint density at radius 2 is 1.94 bits per heavy atom. The van der Waals surface area contributed by atoms with E-state index in [1.54, 1.807) is 27.5 Å². The second-order valence-corrected chi connectivity index (χ2v) is 5.04. The van der Waals surface area contributed by atoms with Crippen LogP contribution in [0.2, 0.25) is 0 Å². The summed E-state index contributed by atoms with van der Waals surface area (Å²) in [5, 5.41) is 9.92. The molecule has 1 aromatic rings. The molecule has 1 radical (unpaired) electrons. The van der Waals surface area contributed by atoms with Gasteiger partial charge in [-0.15, -0.1) is 0 Å². The molecule has 0 unspecified atom stereocenters. The summed E-state index contributed by atoms with van der Waals surface area (Å²) in [4.78, 5) is 4.11. The molecule has 1 heterocycles. The zero-order chi connectivity index (χ0) is 12.4. The van der Waals surface area contributed by atoms with Crippen LogP contribution in [-0.2, 0) is 4.65 Å². The minimum absolute atomic E-state index is 0.635. The predicted molar refractivity (Wildman–Crippen MR) is 65.8 cm³/mol. The van der Waals surface area contributed by atoms with Gasteiger partial charge in [-0.2, -0.15) is 0 Å². The van der Waals surface area contributed by atoms with Gasteiger partial charge < -0.3 is 9.76 Å². The standard InChI is InChI=1S/C12H19BNO2/c1-9-8-10(6-7-14-9)13-16-12(4,5)11(2,3)15/h6-8,15H,1-5H3. The third-order valence-electron chi connectivity index (χ3n) is 2.88. The average molecular weight is 220 g/mol. The number of hydrogen-bond acceptors (Lipinski definition) is 3. The van der Waals surface area contributed by atoms with Crippen molar-refractivity contribution in [1.29, 1.82) is 0 Å². The van der Waals surface area contributed by atoms with Gasteiger partial charge in [0.2, 0.25) is 0 Å². The van der Waals surface area contributed by atoms with Crippen molar-refractivity contribution in [2.75, 3.05) is 0 Å². The molecule has 0 aliphatic rings. The molecule has 0 saturated heterocycles. The Bertz CT molecular complexity index is 358. The Morgan fingerprint density at radius 3 is 2.44 bits per heavy atom. The molecule has 0 aliphatic carbocycles. The first-order valence-electron chi connectivity index (χ1n) is 5.38. The van der Waals surface area contributed by atoms with Crippen LogP contribution >= 0.6 is 0 Å². The fraction of sp³-hybridized carbons (Fsp3) is 0.583. The van der Waals surface area contributed by atoms with E-state index in [9.17, 15) is 5.11 Å². The molecule has 1 aromatic heterocycles. The van der Waals surface area contributed by atoms with Crippen molar-refractivity contribution in [3.05, 3.63) is 24.0 Å². The molecular weight excluding hydrogens is 201 g/mol. The van der Waals surface area contributed by atoms with Crippen LogP contribution in [0.25, 0.3) is 0 Å². The van der Waals surface area contributed by atoms with Gasteiger partial charge >= 0.3 is 7.48 Å². The van der Waals surface area contributed by atoms with Crippen LogP contribution in [0.3, 0.4) is 0 Å². The van der Waals surface area contributed by atoms with E-state index in [1.165, 1.54) is 0 Å². The molecule has 1 rings (SSSR count). The number of rotatable bonds is 4. The molecule has 0 amide bonds. The number of hydrogen-bond donors (Lipinski definition) is 1. The number of aliphatic hydroxyl groups is 1. The molecule has 3 nitrogen and oxygen atoms in total. The third kappa shape index (κ3) is 3.32. The highest BCUT2D eigenvalue weighted by atomic mass is 16.5. The Kier molecular flexibility index (Phi) is 3.76. The van der Waals surface area contributed by atoms with Gasteiger partial charge in [0.05, 0.1) is 11.2 Å². The molecule has 16 heavy (non-hydrogen) atoms. The summed E-state index contributed by atoms with van der Waals surface area (Å²) in [5.74, 6) is 0. The first kappa shape index (κ1) is 13.2. The fourth-order valence-corrected chi connectivity index (χ4v) is 1.00. The number of aryl methyl sites for hydroxylation is 1. The van der Waals surface area contributed by atoms with Gasteiger partial charge in [-0.05, 0) is 46.8 Å². The van der Waals surface area contributed by atoms with E-state index >= 15 is 0 Å². The van der Waals surface area contributed by atoms with Crippen LogP contribution in [0.4, 0.5) is 0 Å². The lowest BCUT2D eigenvalue weighted by Gasteiger charge is -2.37. The number of aromatic nitrogens is 1. The molecule has 1 N–H and O–H groups in total. The summed E-state index contributed by atoms with van der Waals surface area (Å²) in [6, 6.07) is 3.80. The van der Waals surface area contributed by atoms with E-state index in [2.05, 4.69) is 4.98 Å². The van der Waals surface area contributed by atoms with Crippen molar-refractivity contribution in [2.45, 2.75) is 45.8 Å². The summed E-state index contributed by atoms with van der Waals surface area (Å²) < 4.78 is 5.63. The van der Waals surface area contributed by atoms with E-state index in [0.29, 0.717) is 0 Å². The van der Waals surface area contributed by atoms with Gasteiger partial charge in [0.25, 0.3) is 0 Å². The van der Waals surface area contributed by atoms with Crippen LogP contribution in [0.1, 0.15) is 33.4 Å². The summed E-state index contributed by atoms with van der Waals surface area (Å²) in [6.45, 7) is 9.12. The monoisotopic (exact) mass is 220 g/mol. The van der Waals surface area contributed by atoms with Crippen molar-refractivity contribution >= 4 is 12.9 Å². The van der Waals surface area contributed by atoms with E-state index in [4.69, 9.17) is 4.65 Å². The van der Waals surface area contributed by atoms with Gasteiger partial charge in [0.15, 0.2) is 0 Å². The second kappa shape index (κ2) is 4.56. The fourth-order valence-electron chi connectivity index (χ4n) is 1.00. The van der Waals surface area contributed by atoms with Gasteiger partial charge in [0.1, 0.15) is 0 Å². The first-order valence-corrected chi connectivity index (χ1v) is 5.38. The minimum Gasteiger partial charge on any atom is -0.427 e. The van der Waals surface area contributed by atoms with E-state index < -0.39 is 11.2 Å². The molecule has 0 aliphatic heterocycles. The molecular formula is C12H19BNO2. The molecule has 0 saturated carbocycles. The highest BCUT2D eigenvalue weighted by molar-refractivity contribution is 6.47. The second-order valence-electron chi connectivity index (χ2n) is 5.04. The molecule has 0 fully saturated rings. The van der Waals surface area contributed by atoms with E-state index in [0.717, 1.165) is 11.2 Å². The summed E-state index contributed by atoms with van der Waals surface area (Å²) in [5.41, 5.74) is 0.360. The Morgan fingerprint density at radius 1 is 1.31 bits per heavy atom. The maximum atomic E-state index is 9.92. The normalized spacial score (nSPS) is 12.6. The van der Waals surface area contributed by atoms with Gasteiger partial charge in [-0.3, -0.25) is 4.98 Å². The topological polar surface area (TPSA) is 42.4 Å². The zero-order valence-electron chi connectivity index (χ0n) is 10.6. The lowest BCUT2D eigenvalue weighted by atomic mass is 9.83. The van der Waals surface area contributed by atoms with Gasteiger partial charge in [0, 0.05) is 11.9 Å². The maximum Gasteiger partial charge on any atom is 0.331 e. The van der Waals surface area contributed by atoms with Crippen LogP contribution < -0.4 is 5.46 Å². The van der Waals surface area contributed by atoms with Crippen molar-refractivity contribution in [1.82, 2.24) is 4.98 Å². The average Bonchev–Trinajstić information content (AvgIpc) is 2.13. The SMILES string of the molecule is Cc1cc([B]OC(C)(C)C(C)(C)O)ccn1. The van der Waals surface area contributed by atoms with Crippen molar-refractivity contribution in [3.8, 4) is 0 Å². The van der Waals surface area contributed by atoms with Crippen LogP contribution in [-0.4, -0.2) is 28.8 Å². The molecule has 0 aromatic carbocycles. The summed E-state index contributed by atoms with van der Waals surface area (Å²) in [6.07, 6.45) is 1.74. The molecule has 0 atom stereocenters. The van der Waals surface area contributed by atoms with Crippen molar-refractivity contribution < 1.29 is 9.76 Å². The first-order chi connectivity index (χ1) is 7.22. The van der Waals surface area contributed by atoms with E-state index in [1.807, 2.05) is 32.9 Å². The highest BCUT2D eigenvalue weighted by Gasteiger charge is 2.35. The minimum atomic E-state index is -0.897. The lowest BCUT2D eigenvalue weighted by Crippen LogP contribution is -2.49. The largest absolute Gasteiger partial charge is 0.427 e. The lowest BCUT2D eigenvalue weighted by molar-refractivity contribution is -0.0893.